The fraction of sp³-hybridized carbons (Fsp3) is 0.786. The predicted molar refractivity (Wildman–Crippen MR) is 83.8 cm³/mol. The molecule has 21 heavy (non-hydrogen) atoms. The predicted octanol–water partition coefficient (Wildman–Crippen LogP) is 2.44. The summed E-state index contributed by atoms with van der Waals surface area (Å²) in [7, 11) is 0. The number of rotatable bonds is 8. The number of ether oxygens (including phenoxy) is 1. The van der Waals surface area contributed by atoms with E-state index in [1.54, 1.807) is 0 Å². The number of nitrogens with one attached hydrogen (secondary N) is 2. The molecule has 6 nitrogen and oxygen atoms in total. The van der Waals surface area contributed by atoms with Crippen molar-refractivity contribution in [3.63, 3.8) is 0 Å². The maximum Gasteiger partial charge on any atom is 0.282 e. The fourth-order valence-corrected chi connectivity index (χ4v) is 3.00. The van der Waals surface area contributed by atoms with Crippen LogP contribution in [0.15, 0.2) is 0 Å². The number of nitrogens with zero attached hydrogens (tertiary/aromatic N) is 2. The molecule has 2 N–H and O–H groups in total. The Morgan fingerprint density at radius 1 is 1.29 bits per heavy atom. The van der Waals surface area contributed by atoms with Gasteiger partial charge in [0.1, 0.15) is 0 Å². The van der Waals surface area contributed by atoms with Gasteiger partial charge in [0.15, 0.2) is 0 Å². The first-order valence-corrected chi connectivity index (χ1v) is 8.58. The van der Waals surface area contributed by atoms with Gasteiger partial charge in [-0.05, 0) is 19.3 Å². The van der Waals surface area contributed by atoms with Gasteiger partial charge in [-0.25, -0.2) is 0 Å². The molecule has 2 rings (SSSR count). The standard InChI is InChI=1S/C14H24N4O2S/c1-2-8-16-14-18-17-13(21-14)12(19)15-9-10-20-11-6-4-3-5-7-11/h11H,2-10H2,1H3,(H,15,19)(H,16,18). The molecule has 1 amide bonds. The Bertz CT molecular complexity index is 432. The molecule has 0 radical (unpaired) electrons. The summed E-state index contributed by atoms with van der Waals surface area (Å²) in [5.74, 6) is -0.177. The topological polar surface area (TPSA) is 76.1 Å². The lowest BCUT2D eigenvalue weighted by atomic mass is 9.98. The Hall–Kier alpha value is -1.21. The SMILES string of the molecule is CCCNc1nnc(C(=O)NCCOC2CCCCC2)s1. The molecule has 1 aliphatic carbocycles. The van der Waals surface area contributed by atoms with Crippen LogP contribution in [0.1, 0.15) is 55.3 Å². The van der Waals surface area contributed by atoms with E-state index in [-0.39, 0.29) is 5.91 Å². The number of hydrogen-bond acceptors (Lipinski definition) is 6. The second-order valence-electron chi connectivity index (χ2n) is 5.23. The molecular formula is C14H24N4O2S. The van der Waals surface area contributed by atoms with E-state index < -0.39 is 0 Å². The van der Waals surface area contributed by atoms with Crippen molar-refractivity contribution in [3.05, 3.63) is 5.01 Å². The third-order valence-electron chi connectivity index (χ3n) is 3.44. The van der Waals surface area contributed by atoms with Crippen LogP contribution in [-0.4, -0.2) is 41.9 Å². The van der Waals surface area contributed by atoms with Gasteiger partial charge in [0.05, 0.1) is 12.7 Å². The highest BCUT2D eigenvalue weighted by molar-refractivity contribution is 7.17. The van der Waals surface area contributed by atoms with Crippen LogP contribution in [0.5, 0.6) is 0 Å². The van der Waals surface area contributed by atoms with E-state index >= 15 is 0 Å². The van der Waals surface area contributed by atoms with Gasteiger partial charge < -0.3 is 15.4 Å². The number of aromatic nitrogens is 2. The third-order valence-corrected chi connectivity index (χ3v) is 4.32. The van der Waals surface area contributed by atoms with Crippen molar-refractivity contribution in [2.75, 3.05) is 25.0 Å². The van der Waals surface area contributed by atoms with Gasteiger partial charge in [0, 0.05) is 13.1 Å². The summed E-state index contributed by atoms with van der Waals surface area (Å²) in [5.41, 5.74) is 0. The number of anilines is 1. The molecule has 1 saturated carbocycles. The van der Waals surface area contributed by atoms with E-state index in [4.69, 9.17) is 4.74 Å². The maximum atomic E-state index is 11.9. The van der Waals surface area contributed by atoms with Crippen molar-refractivity contribution in [2.24, 2.45) is 0 Å². The minimum atomic E-state index is -0.177. The Morgan fingerprint density at radius 2 is 2.10 bits per heavy atom. The van der Waals surface area contributed by atoms with Gasteiger partial charge in [-0.2, -0.15) is 0 Å². The van der Waals surface area contributed by atoms with Gasteiger partial charge in [-0.1, -0.05) is 37.5 Å². The Morgan fingerprint density at radius 3 is 2.86 bits per heavy atom. The molecule has 1 aromatic rings. The van der Waals surface area contributed by atoms with Gasteiger partial charge in [0.2, 0.25) is 10.1 Å². The van der Waals surface area contributed by atoms with Crippen LogP contribution in [-0.2, 0) is 4.74 Å². The van der Waals surface area contributed by atoms with Gasteiger partial charge >= 0.3 is 0 Å². The molecular weight excluding hydrogens is 288 g/mol. The van der Waals surface area contributed by atoms with E-state index in [0.29, 0.717) is 29.4 Å². The van der Waals surface area contributed by atoms with Crippen LogP contribution in [0, 0.1) is 0 Å². The lowest BCUT2D eigenvalue weighted by Crippen LogP contribution is -2.29. The highest BCUT2D eigenvalue weighted by atomic mass is 32.1. The summed E-state index contributed by atoms with van der Waals surface area (Å²) in [6.07, 6.45) is 7.53. The van der Waals surface area contributed by atoms with Crippen LogP contribution >= 0.6 is 11.3 Å². The molecule has 0 bridgehead atoms. The zero-order chi connectivity index (χ0) is 14.9. The molecule has 0 aromatic carbocycles. The van der Waals surface area contributed by atoms with Crippen LogP contribution in [0.4, 0.5) is 5.13 Å². The minimum Gasteiger partial charge on any atom is -0.376 e. The van der Waals surface area contributed by atoms with E-state index in [2.05, 4.69) is 27.8 Å². The second-order valence-corrected chi connectivity index (χ2v) is 6.20. The van der Waals surface area contributed by atoms with Crippen molar-refractivity contribution < 1.29 is 9.53 Å². The molecule has 118 valence electrons. The van der Waals surface area contributed by atoms with Gasteiger partial charge in [-0.3, -0.25) is 4.79 Å². The van der Waals surface area contributed by atoms with E-state index in [9.17, 15) is 4.79 Å². The van der Waals surface area contributed by atoms with Crippen LogP contribution in [0.25, 0.3) is 0 Å². The lowest BCUT2D eigenvalue weighted by molar-refractivity contribution is 0.0299. The Kier molecular flexibility index (Phi) is 6.88. The maximum absolute atomic E-state index is 11.9. The van der Waals surface area contributed by atoms with Crippen molar-refractivity contribution in [3.8, 4) is 0 Å². The summed E-state index contributed by atoms with van der Waals surface area (Å²) in [4.78, 5) is 11.9. The molecule has 0 saturated heterocycles. The van der Waals surface area contributed by atoms with Crippen molar-refractivity contribution in [1.29, 1.82) is 0 Å². The van der Waals surface area contributed by atoms with Crippen LogP contribution in [0.3, 0.4) is 0 Å². The zero-order valence-electron chi connectivity index (χ0n) is 12.6. The fourth-order valence-electron chi connectivity index (χ4n) is 2.32. The van der Waals surface area contributed by atoms with E-state index in [0.717, 1.165) is 25.8 Å². The number of hydrogen-bond donors (Lipinski definition) is 2. The molecule has 0 unspecified atom stereocenters. The number of carbonyl (C=O) groups excluding carboxylic acids is 1. The van der Waals surface area contributed by atoms with Crippen LogP contribution < -0.4 is 10.6 Å². The first-order chi connectivity index (χ1) is 10.3. The number of amides is 1. The van der Waals surface area contributed by atoms with E-state index in [1.165, 1.54) is 30.6 Å². The molecule has 7 heteroatoms. The summed E-state index contributed by atoms with van der Waals surface area (Å²) in [6.45, 7) is 4.00. The smallest absolute Gasteiger partial charge is 0.282 e. The van der Waals surface area contributed by atoms with Crippen molar-refractivity contribution in [2.45, 2.75) is 51.6 Å². The molecule has 0 spiro atoms. The minimum absolute atomic E-state index is 0.177. The Balaban J connectivity index is 1.63. The first kappa shape index (κ1) is 16.2. The van der Waals surface area contributed by atoms with Crippen molar-refractivity contribution in [1.82, 2.24) is 15.5 Å². The zero-order valence-corrected chi connectivity index (χ0v) is 13.4. The average Bonchev–Trinajstić information content (AvgIpc) is 2.99. The molecule has 1 aliphatic rings. The molecule has 1 fully saturated rings. The monoisotopic (exact) mass is 312 g/mol. The summed E-state index contributed by atoms with van der Waals surface area (Å²) < 4.78 is 5.77. The van der Waals surface area contributed by atoms with Crippen molar-refractivity contribution >= 4 is 22.4 Å². The Labute approximate surface area is 129 Å². The average molecular weight is 312 g/mol. The van der Waals surface area contributed by atoms with Crippen LogP contribution in [0.2, 0.25) is 0 Å². The largest absolute Gasteiger partial charge is 0.376 e. The lowest BCUT2D eigenvalue weighted by Gasteiger charge is -2.21. The third kappa shape index (κ3) is 5.59. The van der Waals surface area contributed by atoms with Gasteiger partial charge in [-0.15, -0.1) is 10.2 Å². The summed E-state index contributed by atoms with van der Waals surface area (Å²) in [5, 5.41) is 14.9. The molecule has 1 heterocycles. The first-order valence-electron chi connectivity index (χ1n) is 7.76. The van der Waals surface area contributed by atoms with Gasteiger partial charge in [0.25, 0.3) is 5.91 Å². The molecule has 1 aromatic heterocycles. The highest BCUT2D eigenvalue weighted by Gasteiger charge is 2.14. The normalized spacial score (nSPS) is 15.9. The highest BCUT2D eigenvalue weighted by Crippen LogP contribution is 2.20. The summed E-state index contributed by atoms with van der Waals surface area (Å²) >= 11 is 1.28. The molecule has 0 aliphatic heterocycles. The second kappa shape index (κ2) is 8.94. The summed E-state index contributed by atoms with van der Waals surface area (Å²) in [6, 6.07) is 0. The quantitative estimate of drug-likeness (QED) is 0.721. The van der Waals surface area contributed by atoms with E-state index in [1.807, 2.05) is 0 Å². The molecule has 0 atom stereocenters. The number of carbonyl (C=O) groups is 1.